The summed E-state index contributed by atoms with van der Waals surface area (Å²) in [5.74, 6) is -3.65. The predicted molar refractivity (Wildman–Crippen MR) is 150 cm³/mol. The Hall–Kier alpha value is -5.19. The number of hydrogen-bond donors (Lipinski definition) is 4. The molecule has 0 heterocycles. The zero-order valence-electron chi connectivity index (χ0n) is 22.1. The number of rotatable bonds is 11. The van der Waals surface area contributed by atoms with Crippen LogP contribution in [0, 0.1) is 0 Å². The highest BCUT2D eigenvalue weighted by Crippen LogP contribution is 2.38. The van der Waals surface area contributed by atoms with Crippen molar-refractivity contribution in [2.24, 2.45) is 16.5 Å². The smallest absolute Gasteiger partial charge is 0.343 e. The van der Waals surface area contributed by atoms with Gasteiger partial charge in [-0.05, 0) is 71.8 Å². The van der Waals surface area contributed by atoms with Gasteiger partial charge in [-0.15, -0.1) is 0 Å². The van der Waals surface area contributed by atoms with E-state index in [1.54, 1.807) is 72.8 Å². The minimum Gasteiger partial charge on any atom is -0.480 e. The number of aryl methyl sites for hydroxylation is 1. The standard InChI is InChI=1S/C30H30N4O7/c31-30(32)33-22-10-8-19(9-11-22)29(40)41-23-12-13-24-20(15-23)6-7-21(24)16-26(35)34(17-27(36)37)25(28(38)39)14-18-4-2-1-3-5-18/h1-5,8-13,15,21,25H,6-7,14,16-17H2,(H,36,37)(H,38,39)(H4,31,32,33)/t21?,25-/m0/s1. The Labute approximate surface area is 236 Å². The molecule has 41 heavy (non-hydrogen) atoms. The van der Waals surface area contributed by atoms with Gasteiger partial charge >= 0.3 is 17.9 Å². The van der Waals surface area contributed by atoms with Gasteiger partial charge in [0.05, 0.1) is 11.3 Å². The first-order valence-electron chi connectivity index (χ1n) is 12.9. The fraction of sp³-hybridized carbons (Fsp3) is 0.233. The summed E-state index contributed by atoms with van der Waals surface area (Å²) in [6, 6.07) is 18.9. The molecule has 11 nitrogen and oxygen atoms in total. The molecule has 2 atom stereocenters. The minimum atomic E-state index is -1.32. The van der Waals surface area contributed by atoms with E-state index in [1.165, 1.54) is 0 Å². The lowest BCUT2D eigenvalue weighted by molar-refractivity contribution is -0.154. The molecule has 1 aliphatic rings. The summed E-state index contributed by atoms with van der Waals surface area (Å²) < 4.78 is 5.53. The van der Waals surface area contributed by atoms with Crippen LogP contribution in [-0.2, 0) is 27.2 Å². The minimum absolute atomic E-state index is 0.0117. The third-order valence-corrected chi connectivity index (χ3v) is 6.87. The monoisotopic (exact) mass is 558 g/mol. The van der Waals surface area contributed by atoms with Crippen LogP contribution in [0.3, 0.4) is 0 Å². The largest absolute Gasteiger partial charge is 0.480 e. The first-order chi connectivity index (χ1) is 19.6. The summed E-state index contributed by atoms with van der Waals surface area (Å²) in [5.41, 5.74) is 14.0. The molecular weight excluding hydrogens is 528 g/mol. The number of hydrogen-bond acceptors (Lipinski definition) is 6. The number of carboxylic acid groups (broad SMARTS) is 2. The van der Waals surface area contributed by atoms with Crippen LogP contribution in [-0.4, -0.2) is 57.5 Å². The van der Waals surface area contributed by atoms with Crippen LogP contribution in [0.1, 0.15) is 45.8 Å². The maximum Gasteiger partial charge on any atom is 0.343 e. The molecule has 0 bridgehead atoms. The fourth-order valence-electron chi connectivity index (χ4n) is 4.96. The highest BCUT2D eigenvalue weighted by molar-refractivity contribution is 5.91. The van der Waals surface area contributed by atoms with E-state index in [0.717, 1.165) is 16.0 Å². The number of nitrogens with two attached hydrogens (primary N) is 2. The molecule has 0 radical (unpaired) electrons. The lowest BCUT2D eigenvalue weighted by Gasteiger charge is -2.29. The highest BCUT2D eigenvalue weighted by Gasteiger charge is 2.34. The Balaban J connectivity index is 1.45. The maximum atomic E-state index is 13.3. The number of amides is 1. The van der Waals surface area contributed by atoms with Crippen molar-refractivity contribution >= 4 is 35.5 Å². The predicted octanol–water partition coefficient (Wildman–Crippen LogP) is 2.84. The van der Waals surface area contributed by atoms with Crippen LogP contribution < -0.4 is 16.2 Å². The highest BCUT2D eigenvalue weighted by atomic mass is 16.5. The van der Waals surface area contributed by atoms with E-state index in [2.05, 4.69) is 4.99 Å². The van der Waals surface area contributed by atoms with Crippen LogP contribution in [0.5, 0.6) is 5.75 Å². The van der Waals surface area contributed by atoms with E-state index in [4.69, 9.17) is 16.2 Å². The van der Waals surface area contributed by atoms with Gasteiger partial charge in [0, 0.05) is 12.8 Å². The number of carbonyl (C=O) groups excluding carboxylic acids is 2. The molecule has 1 unspecified atom stereocenters. The average Bonchev–Trinajstić information content (AvgIpc) is 3.32. The molecule has 3 aromatic carbocycles. The molecule has 1 amide bonds. The molecule has 212 valence electrons. The first-order valence-corrected chi connectivity index (χ1v) is 12.9. The number of ether oxygens (including phenoxy) is 1. The lowest BCUT2D eigenvalue weighted by Crippen LogP contribution is -2.49. The number of guanidine groups is 1. The molecule has 0 saturated carbocycles. The summed E-state index contributed by atoms with van der Waals surface area (Å²) in [6.45, 7) is -0.718. The summed E-state index contributed by atoms with van der Waals surface area (Å²) in [5, 5.41) is 19.3. The number of fused-ring (bicyclic) bond motifs is 1. The molecule has 4 rings (SSSR count). The number of aliphatic carboxylic acids is 2. The molecule has 0 fully saturated rings. The summed E-state index contributed by atoms with van der Waals surface area (Å²) in [7, 11) is 0. The Bertz CT molecular complexity index is 1470. The van der Waals surface area contributed by atoms with E-state index < -0.39 is 36.4 Å². The van der Waals surface area contributed by atoms with Crippen molar-refractivity contribution in [3.8, 4) is 5.75 Å². The van der Waals surface area contributed by atoms with Gasteiger partial charge < -0.3 is 31.3 Å². The van der Waals surface area contributed by atoms with Crippen molar-refractivity contribution in [1.82, 2.24) is 4.90 Å². The van der Waals surface area contributed by atoms with Crippen molar-refractivity contribution in [1.29, 1.82) is 0 Å². The van der Waals surface area contributed by atoms with Crippen molar-refractivity contribution in [3.63, 3.8) is 0 Å². The molecular formula is C30H30N4O7. The normalized spacial score (nSPS) is 14.4. The Morgan fingerprint density at radius 1 is 0.976 bits per heavy atom. The molecule has 0 saturated heterocycles. The first kappa shape index (κ1) is 28.8. The number of benzene rings is 3. The second kappa shape index (κ2) is 12.8. The third-order valence-electron chi connectivity index (χ3n) is 6.87. The quantitative estimate of drug-likeness (QED) is 0.119. The Morgan fingerprint density at radius 2 is 1.68 bits per heavy atom. The van der Waals surface area contributed by atoms with Crippen LogP contribution >= 0.6 is 0 Å². The number of carboxylic acids is 2. The van der Waals surface area contributed by atoms with Gasteiger partial charge in [0.15, 0.2) is 5.96 Å². The molecule has 3 aromatic rings. The van der Waals surface area contributed by atoms with Crippen LogP contribution in [0.2, 0.25) is 0 Å². The lowest BCUT2D eigenvalue weighted by atomic mass is 9.96. The van der Waals surface area contributed by atoms with E-state index in [1.807, 2.05) is 0 Å². The van der Waals surface area contributed by atoms with Gasteiger partial charge in [0.1, 0.15) is 18.3 Å². The van der Waals surface area contributed by atoms with Crippen molar-refractivity contribution in [3.05, 3.63) is 95.1 Å². The van der Waals surface area contributed by atoms with Crippen LogP contribution in [0.25, 0.3) is 0 Å². The number of aliphatic imine (C=N–C) groups is 1. The summed E-state index contributed by atoms with van der Waals surface area (Å²) in [4.78, 5) is 54.5. The number of carbonyl (C=O) groups is 4. The molecule has 6 N–H and O–H groups in total. The van der Waals surface area contributed by atoms with Gasteiger partial charge in [-0.1, -0.05) is 36.4 Å². The van der Waals surface area contributed by atoms with E-state index in [0.29, 0.717) is 35.4 Å². The van der Waals surface area contributed by atoms with E-state index >= 15 is 0 Å². The SMILES string of the molecule is NC(N)=Nc1ccc(C(=O)Oc2ccc3c(c2)CCC3CC(=O)N(CC(=O)O)[C@@H](Cc2ccccc2)C(=O)O)cc1. The number of nitrogens with zero attached hydrogens (tertiary/aromatic N) is 2. The van der Waals surface area contributed by atoms with Crippen LogP contribution in [0.15, 0.2) is 77.8 Å². The zero-order chi connectivity index (χ0) is 29.5. The zero-order valence-corrected chi connectivity index (χ0v) is 22.1. The van der Waals surface area contributed by atoms with Crippen molar-refractivity contribution < 1.29 is 34.1 Å². The van der Waals surface area contributed by atoms with Crippen molar-refractivity contribution in [2.45, 2.75) is 37.6 Å². The van der Waals surface area contributed by atoms with Gasteiger partial charge in [-0.2, -0.15) is 0 Å². The van der Waals surface area contributed by atoms with Gasteiger partial charge in [-0.25, -0.2) is 14.6 Å². The molecule has 1 aliphatic carbocycles. The number of esters is 1. The van der Waals surface area contributed by atoms with Gasteiger partial charge in [-0.3, -0.25) is 9.59 Å². The molecule has 0 aromatic heterocycles. The Kier molecular flexibility index (Phi) is 8.98. The average molecular weight is 559 g/mol. The third kappa shape index (κ3) is 7.47. The van der Waals surface area contributed by atoms with Gasteiger partial charge in [0.25, 0.3) is 0 Å². The fourth-order valence-corrected chi connectivity index (χ4v) is 4.96. The Morgan fingerprint density at radius 3 is 2.32 bits per heavy atom. The van der Waals surface area contributed by atoms with Gasteiger partial charge in [0.2, 0.25) is 5.91 Å². The molecule has 11 heteroatoms. The summed E-state index contributed by atoms with van der Waals surface area (Å²) in [6.07, 6.45) is 1.18. The van der Waals surface area contributed by atoms with E-state index in [-0.39, 0.29) is 24.7 Å². The van der Waals surface area contributed by atoms with Crippen LogP contribution in [0.4, 0.5) is 5.69 Å². The molecule has 0 spiro atoms. The molecule has 0 aliphatic heterocycles. The van der Waals surface area contributed by atoms with Crippen molar-refractivity contribution in [2.75, 3.05) is 6.54 Å². The topological polar surface area (TPSA) is 186 Å². The second-order valence-corrected chi connectivity index (χ2v) is 9.73. The second-order valence-electron chi connectivity index (χ2n) is 9.73. The maximum absolute atomic E-state index is 13.3. The van der Waals surface area contributed by atoms with E-state index in [9.17, 15) is 29.4 Å². The summed E-state index contributed by atoms with van der Waals surface area (Å²) >= 11 is 0.